The second kappa shape index (κ2) is 7.02. The van der Waals surface area contributed by atoms with Crippen LogP contribution >= 0.6 is 0 Å². The van der Waals surface area contributed by atoms with Gasteiger partial charge in [-0.05, 0) is 38.4 Å². The Morgan fingerprint density at radius 1 is 1.41 bits per heavy atom. The van der Waals surface area contributed by atoms with Gasteiger partial charge in [0.05, 0.1) is 24.2 Å². The maximum absolute atomic E-state index is 12.6. The Kier molecular flexibility index (Phi) is 4.84. The molecule has 2 amide bonds. The summed E-state index contributed by atoms with van der Waals surface area (Å²) in [6.07, 6.45) is 6.66. The minimum atomic E-state index is -0.0863. The molecule has 0 bridgehead atoms. The fourth-order valence-corrected chi connectivity index (χ4v) is 3.29. The predicted molar refractivity (Wildman–Crippen MR) is 82.6 cm³/mol. The van der Waals surface area contributed by atoms with E-state index in [1.165, 1.54) is 12.8 Å². The fraction of sp³-hybridized carbons (Fsp3) is 0.667. The van der Waals surface area contributed by atoms with E-state index in [1.807, 2.05) is 4.90 Å². The van der Waals surface area contributed by atoms with Crippen molar-refractivity contribution in [3.8, 4) is 0 Å². The number of carbonyl (C=O) groups excluding carboxylic acids is 1. The number of methoxy groups -OCH3 is 1. The second-order valence-corrected chi connectivity index (χ2v) is 5.97. The summed E-state index contributed by atoms with van der Waals surface area (Å²) in [5, 5.41) is 10.4. The molecule has 2 saturated heterocycles. The maximum atomic E-state index is 12.6. The van der Waals surface area contributed by atoms with E-state index in [1.54, 1.807) is 25.6 Å². The number of hydrogen-bond donors (Lipinski definition) is 1. The van der Waals surface area contributed by atoms with E-state index in [0.29, 0.717) is 12.2 Å². The van der Waals surface area contributed by atoms with Crippen LogP contribution in [0.2, 0.25) is 0 Å². The summed E-state index contributed by atoms with van der Waals surface area (Å²) in [6.45, 7) is 3.84. The first kappa shape index (κ1) is 15.2. The first-order valence-electron chi connectivity index (χ1n) is 7.85. The van der Waals surface area contributed by atoms with Crippen molar-refractivity contribution in [2.45, 2.75) is 31.4 Å². The highest BCUT2D eigenvalue weighted by molar-refractivity contribution is 5.89. The van der Waals surface area contributed by atoms with Gasteiger partial charge in [0, 0.05) is 26.2 Å². The lowest BCUT2D eigenvalue weighted by Crippen LogP contribution is -2.44. The fourth-order valence-electron chi connectivity index (χ4n) is 3.29. The topological polar surface area (TPSA) is 70.6 Å². The van der Waals surface area contributed by atoms with Gasteiger partial charge in [-0.2, -0.15) is 10.2 Å². The number of hydrogen-bond acceptors (Lipinski definition) is 5. The second-order valence-electron chi connectivity index (χ2n) is 5.97. The minimum Gasteiger partial charge on any atom is -0.380 e. The number of aromatic nitrogens is 2. The molecule has 0 saturated carbocycles. The number of amides is 2. The third kappa shape index (κ3) is 3.53. The number of rotatable bonds is 4. The van der Waals surface area contributed by atoms with Crippen molar-refractivity contribution in [1.82, 2.24) is 20.0 Å². The summed E-state index contributed by atoms with van der Waals surface area (Å²) >= 11 is 0. The zero-order valence-electron chi connectivity index (χ0n) is 12.9. The summed E-state index contributed by atoms with van der Waals surface area (Å²) in [6, 6.07) is 1.86. The van der Waals surface area contributed by atoms with Gasteiger partial charge in [0.15, 0.2) is 0 Å². The van der Waals surface area contributed by atoms with Crippen molar-refractivity contribution in [3.63, 3.8) is 0 Å². The predicted octanol–water partition coefficient (Wildman–Crippen LogP) is 1.19. The molecule has 0 spiro atoms. The molecule has 3 rings (SSSR count). The molecule has 1 aromatic rings. The molecule has 0 radical (unpaired) electrons. The first-order chi connectivity index (χ1) is 10.8. The maximum Gasteiger partial charge on any atom is 0.322 e. The van der Waals surface area contributed by atoms with E-state index < -0.39 is 0 Å². The van der Waals surface area contributed by atoms with Gasteiger partial charge in [0.1, 0.15) is 0 Å². The highest BCUT2D eigenvalue weighted by Crippen LogP contribution is 2.23. The van der Waals surface area contributed by atoms with E-state index in [4.69, 9.17) is 4.74 Å². The summed E-state index contributed by atoms with van der Waals surface area (Å²) in [7, 11) is 1.71. The van der Waals surface area contributed by atoms with E-state index in [0.717, 1.165) is 26.1 Å². The molecule has 2 atom stereocenters. The number of ether oxygens (including phenoxy) is 1. The molecule has 1 N–H and O–H groups in total. The molecule has 3 heterocycles. The zero-order valence-corrected chi connectivity index (χ0v) is 12.9. The van der Waals surface area contributed by atoms with Crippen LogP contribution in [0.1, 0.15) is 19.3 Å². The Morgan fingerprint density at radius 3 is 2.91 bits per heavy atom. The quantitative estimate of drug-likeness (QED) is 0.905. The van der Waals surface area contributed by atoms with Crippen LogP contribution in [0.15, 0.2) is 18.5 Å². The van der Waals surface area contributed by atoms with Crippen molar-refractivity contribution in [1.29, 1.82) is 0 Å². The molecule has 1 aromatic heterocycles. The third-order valence-corrected chi connectivity index (χ3v) is 4.47. The molecule has 22 heavy (non-hydrogen) atoms. The number of nitrogens with one attached hydrogen (secondary N) is 1. The molecule has 0 aliphatic carbocycles. The first-order valence-corrected chi connectivity index (χ1v) is 7.85. The molecule has 7 nitrogen and oxygen atoms in total. The number of anilines is 1. The van der Waals surface area contributed by atoms with Crippen LogP contribution in [-0.4, -0.2) is 71.5 Å². The van der Waals surface area contributed by atoms with Gasteiger partial charge in [-0.1, -0.05) is 0 Å². The molecule has 0 aromatic carbocycles. The van der Waals surface area contributed by atoms with Crippen LogP contribution in [-0.2, 0) is 4.74 Å². The lowest BCUT2D eigenvalue weighted by molar-refractivity contribution is 0.111. The Labute approximate surface area is 130 Å². The number of urea groups is 1. The molecule has 2 aliphatic heterocycles. The van der Waals surface area contributed by atoms with Gasteiger partial charge in [-0.3, -0.25) is 0 Å². The van der Waals surface area contributed by atoms with Crippen LogP contribution in [0.5, 0.6) is 0 Å². The standard InChI is InChI=1S/C15H23N5O2/c1-22-14-8-13(10-19-6-2-3-7-19)20(11-14)15(21)18-12-4-5-16-17-9-12/h4-5,9,13-14H,2-3,6-8,10-11H2,1H3,(H,16,18,21)/t13-,14-/m0/s1. The molecule has 120 valence electrons. The van der Waals surface area contributed by atoms with E-state index >= 15 is 0 Å². The Bertz CT molecular complexity index is 492. The van der Waals surface area contributed by atoms with Crippen LogP contribution in [0.25, 0.3) is 0 Å². The summed E-state index contributed by atoms with van der Waals surface area (Å²) < 4.78 is 5.47. The molecule has 2 aliphatic rings. The van der Waals surface area contributed by atoms with E-state index in [2.05, 4.69) is 20.4 Å². The monoisotopic (exact) mass is 305 g/mol. The number of nitrogens with zero attached hydrogens (tertiary/aromatic N) is 4. The van der Waals surface area contributed by atoms with Crippen molar-refractivity contribution in [3.05, 3.63) is 18.5 Å². The van der Waals surface area contributed by atoms with Gasteiger partial charge in [0.25, 0.3) is 0 Å². The average molecular weight is 305 g/mol. The largest absolute Gasteiger partial charge is 0.380 e. The molecular formula is C15H23N5O2. The van der Waals surface area contributed by atoms with Crippen molar-refractivity contribution >= 4 is 11.7 Å². The number of likely N-dealkylation sites (tertiary alicyclic amines) is 2. The average Bonchev–Trinajstić information content (AvgIpc) is 3.18. The van der Waals surface area contributed by atoms with E-state index in [9.17, 15) is 4.79 Å². The lowest BCUT2D eigenvalue weighted by atomic mass is 10.2. The van der Waals surface area contributed by atoms with Gasteiger partial charge in [-0.25, -0.2) is 4.79 Å². The van der Waals surface area contributed by atoms with Gasteiger partial charge in [-0.15, -0.1) is 0 Å². The van der Waals surface area contributed by atoms with Crippen LogP contribution < -0.4 is 5.32 Å². The lowest BCUT2D eigenvalue weighted by Gasteiger charge is -2.28. The molecule has 2 fully saturated rings. The van der Waals surface area contributed by atoms with Crippen LogP contribution in [0.4, 0.5) is 10.5 Å². The van der Waals surface area contributed by atoms with Crippen molar-refractivity contribution < 1.29 is 9.53 Å². The molecular weight excluding hydrogens is 282 g/mol. The molecule has 0 unspecified atom stereocenters. The smallest absolute Gasteiger partial charge is 0.322 e. The third-order valence-electron chi connectivity index (χ3n) is 4.47. The Morgan fingerprint density at radius 2 is 2.23 bits per heavy atom. The van der Waals surface area contributed by atoms with Gasteiger partial charge >= 0.3 is 6.03 Å². The normalized spacial score (nSPS) is 25.6. The van der Waals surface area contributed by atoms with Gasteiger partial charge in [0.2, 0.25) is 0 Å². The number of carbonyl (C=O) groups is 1. The Balaban J connectivity index is 1.64. The van der Waals surface area contributed by atoms with Gasteiger partial charge < -0.3 is 19.9 Å². The minimum absolute atomic E-state index is 0.0863. The van der Waals surface area contributed by atoms with Crippen LogP contribution in [0.3, 0.4) is 0 Å². The summed E-state index contributed by atoms with van der Waals surface area (Å²) in [5.41, 5.74) is 0.667. The van der Waals surface area contributed by atoms with Crippen LogP contribution in [0, 0.1) is 0 Å². The van der Waals surface area contributed by atoms with Crippen molar-refractivity contribution in [2.75, 3.05) is 38.6 Å². The zero-order chi connectivity index (χ0) is 15.4. The summed E-state index contributed by atoms with van der Waals surface area (Å²) in [4.78, 5) is 16.9. The SMILES string of the molecule is CO[C@H]1C[C@@H](CN2CCCC2)N(C(=O)Nc2ccnnc2)C1. The highest BCUT2D eigenvalue weighted by Gasteiger charge is 2.36. The Hall–Kier alpha value is -1.73. The molecule has 7 heteroatoms. The van der Waals surface area contributed by atoms with Crippen molar-refractivity contribution in [2.24, 2.45) is 0 Å². The van der Waals surface area contributed by atoms with E-state index in [-0.39, 0.29) is 18.2 Å². The highest BCUT2D eigenvalue weighted by atomic mass is 16.5. The summed E-state index contributed by atoms with van der Waals surface area (Å²) in [5.74, 6) is 0.